The molecule has 0 amide bonds. The van der Waals surface area contributed by atoms with Crippen LogP contribution in [0.15, 0.2) is 65.1 Å². The smallest absolute Gasteiger partial charge is 0.340 e. The highest BCUT2D eigenvalue weighted by molar-refractivity contribution is 9.10. The van der Waals surface area contributed by atoms with Crippen LogP contribution in [0.25, 0.3) is 10.9 Å². The van der Waals surface area contributed by atoms with Gasteiger partial charge in [0.2, 0.25) is 0 Å². The van der Waals surface area contributed by atoms with Gasteiger partial charge in [0.25, 0.3) is 0 Å². The van der Waals surface area contributed by atoms with Crippen LogP contribution in [-0.4, -0.2) is 44.9 Å². The second-order valence-corrected chi connectivity index (χ2v) is 10.8. The number of aliphatic hydroxyl groups excluding tert-OH is 1. The average molecular weight is 594 g/mol. The van der Waals surface area contributed by atoms with Gasteiger partial charge in [-0.25, -0.2) is 4.79 Å². The predicted octanol–water partition coefficient (Wildman–Crippen LogP) is 5.71. The van der Waals surface area contributed by atoms with Crippen molar-refractivity contribution in [2.45, 2.75) is 45.5 Å². The molecule has 1 aliphatic rings. The summed E-state index contributed by atoms with van der Waals surface area (Å²) in [5, 5.41) is 22.2. The fourth-order valence-corrected chi connectivity index (χ4v) is 5.82. The number of hydrogen-bond acceptors (Lipinski definition) is 6. The molecule has 0 fully saturated rings. The number of aliphatic hydroxyl groups is 1. The van der Waals surface area contributed by atoms with Crippen LogP contribution < -0.4 is 4.74 Å². The summed E-state index contributed by atoms with van der Waals surface area (Å²) in [6.45, 7) is 3.36. The maximum atomic E-state index is 13.5. The molecule has 0 aliphatic carbocycles. The number of esters is 1. The molecule has 204 valence electrons. The molecule has 2 heterocycles. The molecule has 0 spiro atoms. The van der Waals surface area contributed by atoms with Crippen molar-refractivity contribution in [2.75, 3.05) is 13.2 Å². The second kappa shape index (κ2) is 11.8. The summed E-state index contributed by atoms with van der Waals surface area (Å²) in [6, 6.07) is 19.4. The molecule has 3 aromatic carbocycles. The van der Waals surface area contributed by atoms with Gasteiger partial charge in [-0.05, 0) is 58.1 Å². The maximum absolute atomic E-state index is 13.5. The van der Waals surface area contributed by atoms with Crippen LogP contribution >= 0.6 is 15.9 Å². The number of nitrogens with zero attached hydrogens (tertiary/aromatic N) is 2. The molecule has 1 atom stereocenters. The number of phenolic OH excluding ortho intramolecular Hbond substituents is 1. The fraction of sp³-hybridized carbons (Fsp3) is 0.323. The zero-order valence-electron chi connectivity index (χ0n) is 22.2. The van der Waals surface area contributed by atoms with Crippen LogP contribution in [0, 0.1) is 0 Å². The molecule has 2 N–H and O–H groups in total. The quantitative estimate of drug-likeness (QED) is 0.242. The van der Waals surface area contributed by atoms with E-state index in [1.807, 2.05) is 67.1 Å². The summed E-state index contributed by atoms with van der Waals surface area (Å²) in [5.41, 5.74) is 4.87. The molecule has 1 unspecified atom stereocenters. The highest BCUT2D eigenvalue weighted by atomic mass is 79.9. The summed E-state index contributed by atoms with van der Waals surface area (Å²) in [7, 11) is 1.89. The van der Waals surface area contributed by atoms with E-state index in [9.17, 15) is 15.0 Å². The van der Waals surface area contributed by atoms with Gasteiger partial charge in [0.05, 0.1) is 34.5 Å². The molecule has 0 bridgehead atoms. The number of benzene rings is 3. The van der Waals surface area contributed by atoms with E-state index in [-0.39, 0.29) is 25.0 Å². The Bertz CT molecular complexity index is 1480. The molecule has 0 radical (unpaired) electrons. The standard InChI is InChI=1S/C31H33BrN2O5/c1-3-13-38-31(37)29-27(19-39-23-11-5-4-6-12-23)33(2)26-15-25(32)30(36)24(28(26)29)17-34-16-21-10-8-7-9-20(21)14-22(34)18-35/h4-12,15,22,35-36H,3,13-14,16-19H2,1-2H3. The summed E-state index contributed by atoms with van der Waals surface area (Å²) in [4.78, 5) is 15.7. The van der Waals surface area contributed by atoms with Gasteiger partial charge in [-0.3, -0.25) is 4.90 Å². The zero-order valence-corrected chi connectivity index (χ0v) is 23.8. The van der Waals surface area contributed by atoms with Crippen LogP contribution in [-0.2, 0) is 37.9 Å². The van der Waals surface area contributed by atoms with Gasteiger partial charge in [0, 0.05) is 37.1 Å². The van der Waals surface area contributed by atoms with Crippen molar-refractivity contribution < 1.29 is 24.5 Å². The van der Waals surface area contributed by atoms with Crippen molar-refractivity contribution in [1.29, 1.82) is 0 Å². The first kappa shape index (κ1) is 27.2. The molecule has 1 aromatic heterocycles. The van der Waals surface area contributed by atoms with E-state index in [2.05, 4.69) is 33.0 Å². The molecule has 4 aromatic rings. The minimum Gasteiger partial charge on any atom is -0.506 e. The Balaban J connectivity index is 1.62. The van der Waals surface area contributed by atoms with E-state index in [1.54, 1.807) is 0 Å². The number of hydrogen-bond donors (Lipinski definition) is 2. The van der Waals surface area contributed by atoms with Crippen molar-refractivity contribution in [3.05, 3.63) is 93.1 Å². The summed E-state index contributed by atoms with van der Waals surface area (Å²) < 4.78 is 14.2. The van der Waals surface area contributed by atoms with Crippen molar-refractivity contribution in [3.63, 3.8) is 0 Å². The Morgan fingerprint density at radius 1 is 1.10 bits per heavy atom. The Hall–Kier alpha value is -3.33. The van der Waals surface area contributed by atoms with Gasteiger partial charge < -0.3 is 24.3 Å². The topological polar surface area (TPSA) is 84.2 Å². The first-order valence-corrected chi connectivity index (χ1v) is 14.0. The number of phenols is 1. The normalized spacial score (nSPS) is 15.3. The lowest BCUT2D eigenvalue weighted by Crippen LogP contribution is -2.42. The third-order valence-electron chi connectivity index (χ3n) is 7.43. The average Bonchev–Trinajstić information content (AvgIpc) is 3.23. The number of para-hydroxylation sites is 1. The minimum atomic E-state index is -0.445. The Labute approximate surface area is 236 Å². The van der Waals surface area contributed by atoms with Gasteiger partial charge in [-0.2, -0.15) is 0 Å². The summed E-state index contributed by atoms with van der Waals surface area (Å²) in [6.07, 6.45) is 1.41. The first-order chi connectivity index (χ1) is 18.9. The highest BCUT2D eigenvalue weighted by Crippen LogP contribution is 2.41. The highest BCUT2D eigenvalue weighted by Gasteiger charge is 2.31. The zero-order chi connectivity index (χ0) is 27.5. The lowest BCUT2D eigenvalue weighted by atomic mass is 9.93. The molecular weight excluding hydrogens is 560 g/mol. The van der Waals surface area contributed by atoms with Gasteiger partial charge in [-0.15, -0.1) is 0 Å². The molecule has 39 heavy (non-hydrogen) atoms. The lowest BCUT2D eigenvalue weighted by Gasteiger charge is -2.36. The van der Waals surface area contributed by atoms with E-state index in [1.165, 1.54) is 11.1 Å². The molecule has 5 rings (SSSR count). The van der Waals surface area contributed by atoms with Gasteiger partial charge >= 0.3 is 5.97 Å². The number of rotatable bonds is 9. The van der Waals surface area contributed by atoms with E-state index in [4.69, 9.17) is 9.47 Å². The van der Waals surface area contributed by atoms with Gasteiger partial charge in [0.15, 0.2) is 0 Å². The number of aromatic hydroxyl groups is 1. The molecular formula is C31H33BrN2O5. The number of aryl methyl sites for hydroxylation is 1. The minimum absolute atomic E-state index is 0.0113. The maximum Gasteiger partial charge on any atom is 0.340 e. The van der Waals surface area contributed by atoms with Crippen LogP contribution in [0.2, 0.25) is 0 Å². The van der Waals surface area contributed by atoms with Crippen molar-refractivity contribution in [1.82, 2.24) is 9.47 Å². The lowest BCUT2D eigenvalue weighted by molar-refractivity contribution is 0.0503. The predicted molar refractivity (Wildman–Crippen MR) is 154 cm³/mol. The Kier molecular flexibility index (Phi) is 8.26. The van der Waals surface area contributed by atoms with E-state index >= 15 is 0 Å². The third kappa shape index (κ3) is 5.41. The molecule has 0 saturated heterocycles. The molecule has 8 heteroatoms. The number of carbonyl (C=O) groups excluding carboxylic acids is 1. The number of fused-ring (bicyclic) bond motifs is 2. The first-order valence-electron chi connectivity index (χ1n) is 13.2. The van der Waals surface area contributed by atoms with E-state index in [0.717, 1.165) is 5.52 Å². The van der Waals surface area contributed by atoms with Crippen molar-refractivity contribution >= 4 is 32.8 Å². The van der Waals surface area contributed by atoms with Crippen LogP contribution in [0.4, 0.5) is 0 Å². The number of carbonyl (C=O) groups is 1. The van der Waals surface area contributed by atoms with E-state index in [0.29, 0.717) is 65.0 Å². The summed E-state index contributed by atoms with van der Waals surface area (Å²) >= 11 is 3.53. The van der Waals surface area contributed by atoms with Gasteiger partial charge in [0.1, 0.15) is 18.1 Å². The van der Waals surface area contributed by atoms with Crippen LogP contribution in [0.1, 0.15) is 46.1 Å². The second-order valence-electron chi connectivity index (χ2n) is 9.91. The van der Waals surface area contributed by atoms with Gasteiger partial charge in [-0.1, -0.05) is 49.4 Å². The molecule has 7 nitrogen and oxygen atoms in total. The van der Waals surface area contributed by atoms with E-state index < -0.39 is 5.97 Å². The molecule has 1 aliphatic heterocycles. The van der Waals surface area contributed by atoms with Crippen molar-refractivity contribution in [2.24, 2.45) is 7.05 Å². The SMILES string of the molecule is CCCOC(=O)c1c(COc2ccccc2)n(C)c2cc(Br)c(O)c(CN3Cc4ccccc4CC3CO)c12. The van der Waals surface area contributed by atoms with Crippen LogP contribution in [0.5, 0.6) is 11.5 Å². The number of aromatic nitrogens is 1. The number of halogens is 1. The summed E-state index contributed by atoms with van der Waals surface area (Å²) in [5.74, 6) is 0.321. The molecule has 0 saturated carbocycles. The number of ether oxygens (including phenoxy) is 2. The Morgan fingerprint density at radius 3 is 2.54 bits per heavy atom. The van der Waals surface area contributed by atoms with Crippen LogP contribution in [0.3, 0.4) is 0 Å². The largest absolute Gasteiger partial charge is 0.506 e. The third-order valence-corrected chi connectivity index (χ3v) is 8.04. The Morgan fingerprint density at radius 2 is 1.82 bits per heavy atom. The monoisotopic (exact) mass is 592 g/mol. The fourth-order valence-electron chi connectivity index (χ4n) is 5.37. The van der Waals surface area contributed by atoms with Crippen molar-refractivity contribution in [3.8, 4) is 11.5 Å².